The van der Waals surface area contributed by atoms with E-state index in [-0.39, 0.29) is 5.91 Å². The minimum Gasteiger partial charge on any atom is -0.465 e. The van der Waals surface area contributed by atoms with Crippen molar-refractivity contribution < 1.29 is 14.3 Å². The first-order valence-corrected chi connectivity index (χ1v) is 6.49. The molecule has 0 aliphatic carbocycles. The predicted octanol–water partition coefficient (Wildman–Crippen LogP) is 3.50. The minimum atomic E-state index is -0.464. The summed E-state index contributed by atoms with van der Waals surface area (Å²) in [6.45, 7) is 4.11. The van der Waals surface area contributed by atoms with Crippen LogP contribution in [0.3, 0.4) is 0 Å². The zero-order valence-electron chi connectivity index (χ0n) is 11.3. The highest BCUT2D eigenvalue weighted by molar-refractivity contribution is 6.33. The van der Waals surface area contributed by atoms with Crippen LogP contribution < -0.4 is 5.32 Å². The van der Waals surface area contributed by atoms with Crippen LogP contribution in [-0.4, -0.2) is 19.0 Å². The highest BCUT2D eigenvalue weighted by Gasteiger charge is 2.11. The molecule has 5 heteroatoms. The fourth-order valence-electron chi connectivity index (χ4n) is 1.50. The average molecular weight is 284 g/mol. The van der Waals surface area contributed by atoms with Crippen LogP contribution in [0.5, 0.6) is 0 Å². The molecule has 0 atom stereocenters. The van der Waals surface area contributed by atoms with Crippen molar-refractivity contribution >= 4 is 29.2 Å². The fraction of sp³-hybridized carbons (Fsp3) is 0.429. The molecular weight excluding hydrogens is 266 g/mol. The lowest BCUT2D eigenvalue weighted by atomic mass is 10.1. The zero-order valence-corrected chi connectivity index (χ0v) is 12.1. The summed E-state index contributed by atoms with van der Waals surface area (Å²) in [5, 5.41) is 3.10. The van der Waals surface area contributed by atoms with Crippen molar-refractivity contribution in [2.75, 3.05) is 12.4 Å². The quantitative estimate of drug-likeness (QED) is 0.842. The monoisotopic (exact) mass is 283 g/mol. The van der Waals surface area contributed by atoms with Gasteiger partial charge in [0.1, 0.15) is 0 Å². The van der Waals surface area contributed by atoms with Gasteiger partial charge in [-0.15, -0.1) is 0 Å². The molecule has 0 aliphatic heterocycles. The van der Waals surface area contributed by atoms with E-state index in [1.165, 1.54) is 13.2 Å². The Balaban J connectivity index is 2.77. The van der Waals surface area contributed by atoms with Gasteiger partial charge >= 0.3 is 5.97 Å². The molecule has 1 rings (SSSR count). The Morgan fingerprint density at radius 3 is 2.63 bits per heavy atom. The largest absolute Gasteiger partial charge is 0.465 e. The maximum absolute atomic E-state index is 11.7. The molecule has 0 fully saturated rings. The maximum Gasteiger partial charge on any atom is 0.337 e. The molecule has 0 heterocycles. The van der Waals surface area contributed by atoms with E-state index < -0.39 is 5.97 Å². The number of halogens is 1. The SMILES string of the molecule is COC(=O)c1ccc(Cl)c(NC(=O)CCC(C)C)c1. The van der Waals surface area contributed by atoms with E-state index in [2.05, 4.69) is 23.9 Å². The molecule has 0 aliphatic rings. The summed E-state index contributed by atoms with van der Waals surface area (Å²) >= 11 is 5.98. The number of hydrogen-bond acceptors (Lipinski definition) is 3. The Bertz CT molecular complexity index is 472. The fourth-order valence-corrected chi connectivity index (χ4v) is 1.66. The first-order valence-electron chi connectivity index (χ1n) is 6.11. The second kappa shape index (κ2) is 7.14. The van der Waals surface area contributed by atoms with E-state index in [0.29, 0.717) is 28.6 Å². The van der Waals surface area contributed by atoms with Gasteiger partial charge < -0.3 is 10.1 Å². The van der Waals surface area contributed by atoms with Crippen molar-refractivity contribution in [2.45, 2.75) is 26.7 Å². The van der Waals surface area contributed by atoms with Crippen molar-refractivity contribution in [1.82, 2.24) is 0 Å². The summed E-state index contributed by atoms with van der Waals surface area (Å²) in [4.78, 5) is 23.1. The number of rotatable bonds is 5. The Morgan fingerprint density at radius 1 is 1.37 bits per heavy atom. The Kier molecular flexibility index (Phi) is 5.83. The molecule has 1 aromatic carbocycles. The topological polar surface area (TPSA) is 55.4 Å². The second-order valence-electron chi connectivity index (χ2n) is 4.67. The van der Waals surface area contributed by atoms with Crippen LogP contribution in [0.4, 0.5) is 5.69 Å². The summed E-state index contributed by atoms with van der Waals surface area (Å²) < 4.78 is 4.62. The number of hydrogen-bond donors (Lipinski definition) is 1. The molecule has 0 aromatic heterocycles. The van der Waals surface area contributed by atoms with Gasteiger partial charge in [0.15, 0.2) is 0 Å². The van der Waals surface area contributed by atoms with Crippen LogP contribution >= 0.6 is 11.6 Å². The highest BCUT2D eigenvalue weighted by atomic mass is 35.5. The molecule has 104 valence electrons. The number of nitrogens with one attached hydrogen (secondary N) is 1. The van der Waals surface area contributed by atoms with Gasteiger partial charge in [0.2, 0.25) is 5.91 Å². The Hall–Kier alpha value is -1.55. The number of benzene rings is 1. The summed E-state index contributed by atoms with van der Waals surface area (Å²) in [5.41, 5.74) is 0.782. The van der Waals surface area contributed by atoms with Gasteiger partial charge in [0, 0.05) is 6.42 Å². The number of methoxy groups -OCH3 is 1. The molecule has 0 radical (unpaired) electrons. The minimum absolute atomic E-state index is 0.113. The van der Waals surface area contributed by atoms with Gasteiger partial charge in [0.25, 0.3) is 0 Å². The van der Waals surface area contributed by atoms with E-state index in [1.807, 2.05) is 0 Å². The van der Waals surface area contributed by atoms with Gasteiger partial charge in [-0.05, 0) is 30.5 Å². The first kappa shape index (κ1) is 15.5. The van der Waals surface area contributed by atoms with Crippen molar-refractivity contribution in [2.24, 2.45) is 5.92 Å². The van der Waals surface area contributed by atoms with E-state index in [0.717, 1.165) is 6.42 Å². The normalized spacial score (nSPS) is 10.4. The maximum atomic E-state index is 11.7. The third kappa shape index (κ3) is 4.91. The number of carbonyl (C=O) groups excluding carboxylic acids is 2. The molecule has 4 nitrogen and oxygen atoms in total. The van der Waals surface area contributed by atoms with Crippen molar-refractivity contribution in [3.63, 3.8) is 0 Å². The van der Waals surface area contributed by atoms with Crippen LogP contribution in [0.2, 0.25) is 5.02 Å². The van der Waals surface area contributed by atoms with Crippen LogP contribution in [0.15, 0.2) is 18.2 Å². The first-order chi connectivity index (χ1) is 8.93. The van der Waals surface area contributed by atoms with Crippen LogP contribution in [0.25, 0.3) is 0 Å². The molecule has 0 saturated heterocycles. The molecule has 0 unspecified atom stereocenters. The Morgan fingerprint density at radius 2 is 2.05 bits per heavy atom. The van der Waals surface area contributed by atoms with Gasteiger partial charge in [0.05, 0.1) is 23.4 Å². The van der Waals surface area contributed by atoms with E-state index >= 15 is 0 Å². The molecule has 0 bridgehead atoms. The average Bonchev–Trinajstić information content (AvgIpc) is 2.38. The lowest BCUT2D eigenvalue weighted by molar-refractivity contribution is -0.116. The summed E-state index contributed by atoms with van der Waals surface area (Å²) in [7, 11) is 1.30. The predicted molar refractivity (Wildman–Crippen MR) is 75.5 cm³/mol. The molecule has 1 aromatic rings. The van der Waals surface area contributed by atoms with Gasteiger partial charge in [-0.3, -0.25) is 4.79 Å². The van der Waals surface area contributed by atoms with Gasteiger partial charge in [-0.1, -0.05) is 25.4 Å². The smallest absolute Gasteiger partial charge is 0.337 e. The standard InChI is InChI=1S/C14H18ClNO3/c1-9(2)4-7-13(17)16-12-8-10(14(18)19-3)5-6-11(12)15/h5-6,8-9H,4,7H2,1-3H3,(H,16,17). The molecule has 1 amide bonds. The van der Waals surface area contributed by atoms with E-state index in [1.54, 1.807) is 12.1 Å². The highest BCUT2D eigenvalue weighted by Crippen LogP contribution is 2.23. The number of esters is 1. The van der Waals surface area contributed by atoms with E-state index in [4.69, 9.17) is 11.6 Å². The van der Waals surface area contributed by atoms with Gasteiger partial charge in [-0.2, -0.15) is 0 Å². The van der Waals surface area contributed by atoms with Crippen LogP contribution in [-0.2, 0) is 9.53 Å². The molecular formula is C14H18ClNO3. The van der Waals surface area contributed by atoms with E-state index in [9.17, 15) is 9.59 Å². The van der Waals surface area contributed by atoms with Crippen molar-refractivity contribution in [3.05, 3.63) is 28.8 Å². The number of anilines is 1. The zero-order chi connectivity index (χ0) is 14.4. The summed E-state index contributed by atoms with van der Waals surface area (Å²) in [5.74, 6) is -0.116. The number of ether oxygens (including phenoxy) is 1. The number of amides is 1. The number of carbonyl (C=O) groups is 2. The van der Waals surface area contributed by atoms with Crippen molar-refractivity contribution in [1.29, 1.82) is 0 Å². The third-order valence-electron chi connectivity index (χ3n) is 2.61. The summed E-state index contributed by atoms with van der Waals surface area (Å²) in [6, 6.07) is 4.63. The second-order valence-corrected chi connectivity index (χ2v) is 5.07. The van der Waals surface area contributed by atoms with Crippen LogP contribution in [0, 0.1) is 5.92 Å². The molecule has 19 heavy (non-hydrogen) atoms. The summed E-state index contributed by atoms with van der Waals surface area (Å²) in [6.07, 6.45) is 1.23. The lowest BCUT2D eigenvalue weighted by Crippen LogP contribution is -2.13. The third-order valence-corrected chi connectivity index (χ3v) is 2.94. The van der Waals surface area contributed by atoms with Crippen LogP contribution in [0.1, 0.15) is 37.0 Å². The van der Waals surface area contributed by atoms with Crippen molar-refractivity contribution in [3.8, 4) is 0 Å². The molecule has 0 spiro atoms. The Labute approximate surface area is 118 Å². The lowest BCUT2D eigenvalue weighted by Gasteiger charge is -2.09. The molecule has 1 N–H and O–H groups in total. The van der Waals surface area contributed by atoms with Gasteiger partial charge in [-0.25, -0.2) is 4.79 Å². The molecule has 0 saturated carbocycles.